The number of aromatic nitrogens is 1. The molecule has 1 aliphatic heterocycles. The maximum Gasteiger partial charge on any atom is 0.155 e. The fraction of sp³-hybridized carbons (Fsp3) is 0.250. The van der Waals surface area contributed by atoms with Crippen molar-refractivity contribution in [3.05, 3.63) is 102 Å². The van der Waals surface area contributed by atoms with Crippen molar-refractivity contribution < 1.29 is 31.9 Å². The highest BCUT2D eigenvalue weighted by atomic mass is 35.5. The standard InChI is InChI=1S/C28H27N3O3.ClH/c29-15-22-14-25-26(30-22)12-7-13-27(25)34-19-23(32)18-33-24-16-31(17-24)28(20-8-3-1-4-9-20)21-10-5-2-6-11-21;/h1-14,23-24,28,30,32H,16-19H2;1H. The van der Waals surface area contributed by atoms with Gasteiger partial charge in [-0.2, -0.15) is 5.26 Å². The molecule has 1 aromatic heterocycles. The van der Waals surface area contributed by atoms with Crippen LogP contribution in [0.4, 0.5) is 0 Å². The molecule has 0 spiro atoms. The molecule has 1 saturated heterocycles. The highest BCUT2D eigenvalue weighted by molar-refractivity contribution is 5.87. The molecule has 0 saturated carbocycles. The number of nitrogens with zero attached hydrogens (tertiary/aromatic N) is 1. The molecule has 7 heteroatoms. The fourth-order valence-electron chi connectivity index (χ4n) is 4.63. The van der Waals surface area contributed by atoms with E-state index in [0.29, 0.717) is 11.4 Å². The van der Waals surface area contributed by atoms with E-state index in [2.05, 4.69) is 59.6 Å². The lowest BCUT2D eigenvalue weighted by Gasteiger charge is -2.40. The van der Waals surface area contributed by atoms with E-state index >= 15 is 0 Å². The van der Waals surface area contributed by atoms with Gasteiger partial charge in [-0.15, -0.1) is 0 Å². The van der Waals surface area contributed by atoms with Crippen LogP contribution in [0.25, 0.3) is 10.9 Å². The SMILES string of the molecule is N#Cc1cc2c(OCC(O)COC3C[NH+](C(c4ccccc4)c4ccccc4)C3)cccc2[nH]1.[Cl-]. The van der Waals surface area contributed by atoms with E-state index in [9.17, 15) is 5.11 Å². The van der Waals surface area contributed by atoms with Gasteiger partial charge < -0.3 is 36.9 Å². The second kappa shape index (κ2) is 11.4. The van der Waals surface area contributed by atoms with E-state index in [-0.39, 0.29) is 37.8 Å². The number of aromatic amines is 1. The molecular weight excluding hydrogens is 462 g/mol. The largest absolute Gasteiger partial charge is 1.00 e. The minimum absolute atomic E-state index is 0. The van der Waals surface area contributed by atoms with Crippen molar-refractivity contribution in [2.24, 2.45) is 0 Å². The lowest BCUT2D eigenvalue weighted by atomic mass is 9.94. The summed E-state index contributed by atoms with van der Waals surface area (Å²) in [5, 5.41) is 20.3. The second-order valence-electron chi connectivity index (χ2n) is 8.75. The molecule has 0 aliphatic carbocycles. The second-order valence-corrected chi connectivity index (χ2v) is 8.75. The van der Waals surface area contributed by atoms with Crippen molar-refractivity contribution >= 4 is 10.9 Å². The van der Waals surface area contributed by atoms with E-state index in [0.717, 1.165) is 24.0 Å². The molecule has 1 unspecified atom stereocenters. The summed E-state index contributed by atoms with van der Waals surface area (Å²) in [6, 6.07) is 30.9. The monoisotopic (exact) mass is 489 g/mol. The predicted molar refractivity (Wildman–Crippen MR) is 130 cm³/mol. The lowest BCUT2D eigenvalue weighted by Crippen LogP contribution is -3.21. The zero-order valence-corrected chi connectivity index (χ0v) is 20.0. The van der Waals surface area contributed by atoms with Crippen LogP contribution in [0.3, 0.4) is 0 Å². The van der Waals surface area contributed by atoms with Gasteiger partial charge in [-0.3, -0.25) is 0 Å². The topological polar surface area (TPSA) is 82.7 Å². The molecule has 3 N–H and O–H groups in total. The molecule has 3 aromatic carbocycles. The Morgan fingerprint density at radius 3 is 2.23 bits per heavy atom. The van der Waals surface area contributed by atoms with Gasteiger partial charge in [-0.1, -0.05) is 66.7 Å². The molecule has 0 radical (unpaired) electrons. The smallest absolute Gasteiger partial charge is 0.155 e. The molecule has 2 heterocycles. The first-order valence-electron chi connectivity index (χ1n) is 11.6. The summed E-state index contributed by atoms with van der Waals surface area (Å²) in [6.07, 6.45) is -0.612. The summed E-state index contributed by atoms with van der Waals surface area (Å²) in [7, 11) is 0. The van der Waals surface area contributed by atoms with Crippen LogP contribution in [0.2, 0.25) is 0 Å². The van der Waals surface area contributed by atoms with Crippen molar-refractivity contribution in [1.29, 1.82) is 5.26 Å². The summed E-state index contributed by atoms with van der Waals surface area (Å²) in [4.78, 5) is 4.49. The molecular formula is C28H28ClN3O3. The molecule has 5 rings (SSSR count). The number of likely N-dealkylation sites (tertiary alicyclic amines) is 1. The van der Waals surface area contributed by atoms with Gasteiger partial charge in [0.15, 0.2) is 6.10 Å². The highest BCUT2D eigenvalue weighted by Gasteiger charge is 2.39. The van der Waals surface area contributed by atoms with E-state index < -0.39 is 6.10 Å². The van der Waals surface area contributed by atoms with Gasteiger partial charge in [-0.25, -0.2) is 0 Å². The summed E-state index contributed by atoms with van der Waals surface area (Å²) in [5.74, 6) is 0.641. The Labute approximate surface area is 211 Å². The van der Waals surface area contributed by atoms with Gasteiger partial charge in [0.05, 0.1) is 12.1 Å². The summed E-state index contributed by atoms with van der Waals surface area (Å²) >= 11 is 0. The number of aliphatic hydroxyl groups excluding tert-OH is 1. The van der Waals surface area contributed by atoms with Crippen LogP contribution in [-0.4, -0.2) is 48.6 Å². The number of halogens is 1. The van der Waals surface area contributed by atoms with E-state index in [1.54, 1.807) is 6.07 Å². The van der Waals surface area contributed by atoms with Crippen molar-refractivity contribution in [1.82, 2.24) is 4.98 Å². The number of hydrogen-bond donors (Lipinski definition) is 3. The minimum atomic E-state index is -0.729. The van der Waals surface area contributed by atoms with Gasteiger partial charge in [0, 0.05) is 16.5 Å². The van der Waals surface area contributed by atoms with Gasteiger partial charge in [0.25, 0.3) is 0 Å². The van der Waals surface area contributed by atoms with Gasteiger partial charge in [0.2, 0.25) is 0 Å². The molecule has 1 atom stereocenters. The first kappa shape index (κ1) is 24.8. The predicted octanol–water partition coefficient (Wildman–Crippen LogP) is -0.143. The fourth-order valence-corrected chi connectivity index (χ4v) is 4.63. The number of H-pyrrole nitrogens is 1. The summed E-state index contributed by atoms with van der Waals surface area (Å²) < 4.78 is 11.8. The molecule has 0 amide bonds. The van der Waals surface area contributed by atoms with E-state index in [4.69, 9.17) is 14.7 Å². The van der Waals surface area contributed by atoms with Gasteiger partial charge >= 0.3 is 0 Å². The average Bonchev–Trinajstić information content (AvgIpc) is 3.29. The lowest BCUT2D eigenvalue weighted by molar-refractivity contribution is -0.972. The third-order valence-electron chi connectivity index (χ3n) is 6.35. The molecule has 4 aromatic rings. The Morgan fingerprint density at radius 2 is 1.60 bits per heavy atom. The first-order valence-corrected chi connectivity index (χ1v) is 11.6. The number of hydrogen-bond acceptors (Lipinski definition) is 4. The van der Waals surface area contributed by atoms with Crippen LogP contribution in [-0.2, 0) is 4.74 Å². The van der Waals surface area contributed by atoms with Crippen LogP contribution < -0.4 is 22.0 Å². The van der Waals surface area contributed by atoms with Gasteiger partial charge in [0.1, 0.15) is 49.4 Å². The minimum Gasteiger partial charge on any atom is -1.00 e. The van der Waals surface area contributed by atoms with Crippen LogP contribution in [0.1, 0.15) is 22.9 Å². The van der Waals surface area contributed by atoms with E-state index in [1.165, 1.54) is 16.0 Å². The number of nitrogens with one attached hydrogen (secondary N) is 2. The normalized spacial score (nSPS) is 17.9. The Morgan fingerprint density at radius 1 is 0.943 bits per heavy atom. The molecule has 35 heavy (non-hydrogen) atoms. The van der Waals surface area contributed by atoms with Crippen LogP contribution in [0.15, 0.2) is 84.9 Å². The Hall–Kier alpha value is -3.34. The third kappa shape index (κ3) is 5.67. The number of quaternary nitrogens is 1. The molecule has 6 nitrogen and oxygen atoms in total. The Bertz CT molecular complexity index is 1230. The number of fused-ring (bicyclic) bond motifs is 1. The number of ether oxygens (including phenoxy) is 2. The van der Waals surface area contributed by atoms with Gasteiger partial charge in [-0.05, 0) is 18.2 Å². The van der Waals surface area contributed by atoms with E-state index in [1.807, 2.05) is 30.3 Å². The molecule has 1 fully saturated rings. The van der Waals surface area contributed by atoms with Crippen molar-refractivity contribution in [2.45, 2.75) is 18.2 Å². The van der Waals surface area contributed by atoms with Crippen molar-refractivity contribution in [3.63, 3.8) is 0 Å². The maximum atomic E-state index is 10.4. The molecule has 1 aliphatic rings. The van der Waals surface area contributed by atoms with Crippen LogP contribution >= 0.6 is 0 Å². The first-order chi connectivity index (χ1) is 16.7. The summed E-state index contributed by atoms with van der Waals surface area (Å²) in [5.41, 5.74) is 3.92. The quantitative estimate of drug-likeness (QED) is 0.305. The van der Waals surface area contributed by atoms with Crippen LogP contribution in [0.5, 0.6) is 5.75 Å². The number of aliphatic hydroxyl groups is 1. The highest BCUT2D eigenvalue weighted by Crippen LogP contribution is 2.26. The number of rotatable bonds is 9. The van der Waals surface area contributed by atoms with Crippen molar-refractivity contribution in [2.75, 3.05) is 26.3 Å². The average molecular weight is 490 g/mol. The van der Waals surface area contributed by atoms with Crippen molar-refractivity contribution in [3.8, 4) is 11.8 Å². The Kier molecular flexibility index (Phi) is 8.06. The zero-order chi connectivity index (χ0) is 23.3. The third-order valence-corrected chi connectivity index (χ3v) is 6.35. The van der Waals surface area contributed by atoms with Crippen LogP contribution in [0, 0.1) is 11.3 Å². The zero-order valence-electron chi connectivity index (χ0n) is 19.2. The maximum absolute atomic E-state index is 10.4. The number of benzene rings is 3. The molecule has 0 bridgehead atoms. The molecule has 180 valence electrons. The Balaban J connectivity index is 0.00000289. The number of nitriles is 1. The summed E-state index contributed by atoms with van der Waals surface area (Å²) in [6.45, 7) is 2.14.